The number of amides is 2. The van der Waals surface area contributed by atoms with Crippen LogP contribution >= 0.6 is 0 Å². The summed E-state index contributed by atoms with van der Waals surface area (Å²) < 4.78 is 12.1. The molecule has 1 aromatic carbocycles. The number of ether oxygens (including phenoxy) is 2. The fourth-order valence-electron chi connectivity index (χ4n) is 4.46. The van der Waals surface area contributed by atoms with Crippen molar-refractivity contribution < 1.29 is 19.1 Å². The molecule has 8 heteroatoms. The van der Waals surface area contributed by atoms with Crippen LogP contribution in [0.15, 0.2) is 42.7 Å². The summed E-state index contributed by atoms with van der Waals surface area (Å²) >= 11 is 0. The minimum Gasteiger partial charge on any atom is -0.491 e. The molecule has 1 aromatic heterocycles. The van der Waals surface area contributed by atoms with Crippen molar-refractivity contribution in [2.24, 2.45) is 11.8 Å². The number of anilines is 1. The zero-order chi connectivity index (χ0) is 24.9. The first-order chi connectivity index (χ1) is 16.9. The molecular weight excluding hydrogens is 444 g/mol. The SMILES string of the molecule is CO[C@@H]1CN(C)C(=O)c2cc(NC(=O)C3CC3)ccc2OC[C@@H](C)N(Cc2ccncc2)C[C@@H]1C. The third-order valence-electron chi connectivity index (χ3n) is 6.92. The van der Waals surface area contributed by atoms with E-state index in [1.807, 2.05) is 24.5 Å². The molecule has 1 aliphatic carbocycles. The van der Waals surface area contributed by atoms with E-state index < -0.39 is 0 Å². The zero-order valence-corrected chi connectivity index (χ0v) is 21.1. The van der Waals surface area contributed by atoms with Crippen molar-refractivity contribution in [3.63, 3.8) is 0 Å². The van der Waals surface area contributed by atoms with E-state index in [0.717, 1.165) is 25.9 Å². The summed E-state index contributed by atoms with van der Waals surface area (Å²) in [6.07, 6.45) is 5.34. The molecule has 188 valence electrons. The standard InChI is InChI=1S/C27H36N4O4/c1-18-14-31(15-20-9-11-28-12-10-20)19(2)17-35-24-8-7-22(29-26(32)21-5-6-21)13-23(24)27(33)30(3)16-25(18)34-4/h7-13,18-19,21,25H,5-6,14-17H2,1-4H3,(H,29,32)/t18-,19+,25+/m0/s1. The van der Waals surface area contributed by atoms with Crippen molar-refractivity contribution in [1.82, 2.24) is 14.8 Å². The van der Waals surface area contributed by atoms with Gasteiger partial charge in [0.05, 0.1) is 11.7 Å². The third-order valence-corrected chi connectivity index (χ3v) is 6.92. The van der Waals surface area contributed by atoms with Crippen LogP contribution in [0.5, 0.6) is 5.75 Å². The summed E-state index contributed by atoms with van der Waals surface area (Å²) in [5.41, 5.74) is 2.24. The lowest BCUT2D eigenvalue weighted by Gasteiger charge is -2.36. The molecule has 0 spiro atoms. The summed E-state index contributed by atoms with van der Waals surface area (Å²) in [5.74, 6) is 0.640. The Balaban J connectivity index is 1.61. The van der Waals surface area contributed by atoms with E-state index in [0.29, 0.717) is 30.2 Å². The summed E-state index contributed by atoms with van der Waals surface area (Å²) in [4.78, 5) is 33.9. The maximum Gasteiger partial charge on any atom is 0.257 e. The molecule has 1 aliphatic heterocycles. The Morgan fingerprint density at radius 2 is 1.91 bits per heavy atom. The molecule has 8 nitrogen and oxygen atoms in total. The Morgan fingerprint density at radius 3 is 2.60 bits per heavy atom. The second-order valence-electron chi connectivity index (χ2n) is 9.86. The number of fused-ring (bicyclic) bond motifs is 1. The lowest BCUT2D eigenvalue weighted by Crippen LogP contribution is -2.46. The summed E-state index contributed by atoms with van der Waals surface area (Å²) in [6, 6.07) is 9.47. The highest BCUT2D eigenvalue weighted by molar-refractivity contribution is 6.00. The van der Waals surface area contributed by atoms with Gasteiger partial charge in [0.15, 0.2) is 0 Å². The Bertz CT molecular complexity index is 1030. The summed E-state index contributed by atoms with van der Waals surface area (Å²) in [5, 5.41) is 2.94. The van der Waals surface area contributed by atoms with Crippen molar-refractivity contribution in [3.8, 4) is 5.75 Å². The quantitative estimate of drug-likeness (QED) is 0.706. The molecule has 0 radical (unpaired) electrons. The number of aromatic nitrogens is 1. The Labute approximate surface area is 207 Å². The molecule has 4 rings (SSSR count). The highest BCUT2D eigenvalue weighted by Crippen LogP contribution is 2.31. The van der Waals surface area contributed by atoms with E-state index in [1.165, 1.54) is 5.56 Å². The van der Waals surface area contributed by atoms with Gasteiger partial charge in [-0.3, -0.25) is 19.5 Å². The van der Waals surface area contributed by atoms with Crippen molar-refractivity contribution in [2.75, 3.05) is 39.2 Å². The first-order valence-corrected chi connectivity index (χ1v) is 12.3. The van der Waals surface area contributed by atoms with E-state index >= 15 is 0 Å². The number of methoxy groups -OCH3 is 1. The van der Waals surface area contributed by atoms with Gasteiger partial charge in [-0.1, -0.05) is 6.92 Å². The highest BCUT2D eigenvalue weighted by atomic mass is 16.5. The van der Waals surface area contributed by atoms with Gasteiger partial charge in [0, 0.05) is 63.8 Å². The highest BCUT2D eigenvalue weighted by Gasteiger charge is 2.31. The molecule has 2 aromatic rings. The van der Waals surface area contributed by atoms with Crippen LogP contribution in [-0.2, 0) is 16.1 Å². The van der Waals surface area contributed by atoms with Gasteiger partial charge in [-0.15, -0.1) is 0 Å². The average Bonchev–Trinajstić information content (AvgIpc) is 3.71. The number of pyridine rings is 1. The van der Waals surface area contributed by atoms with Crippen molar-refractivity contribution in [2.45, 2.75) is 45.4 Å². The van der Waals surface area contributed by atoms with Gasteiger partial charge in [0.2, 0.25) is 5.91 Å². The number of hydrogen-bond donors (Lipinski definition) is 1. The number of nitrogens with zero attached hydrogens (tertiary/aromatic N) is 3. The topological polar surface area (TPSA) is 84.0 Å². The lowest BCUT2D eigenvalue weighted by atomic mass is 10.0. The Hall–Kier alpha value is -2.97. The van der Waals surface area contributed by atoms with E-state index in [-0.39, 0.29) is 35.8 Å². The summed E-state index contributed by atoms with van der Waals surface area (Å²) in [7, 11) is 3.48. The third kappa shape index (κ3) is 6.38. The van der Waals surface area contributed by atoms with Crippen LogP contribution in [0.3, 0.4) is 0 Å². The molecule has 2 heterocycles. The molecule has 0 saturated heterocycles. The Kier molecular flexibility index (Phi) is 8.03. The van der Waals surface area contributed by atoms with Crippen LogP contribution in [0.2, 0.25) is 0 Å². The second kappa shape index (κ2) is 11.2. The fraction of sp³-hybridized carbons (Fsp3) is 0.519. The van der Waals surface area contributed by atoms with Gasteiger partial charge in [-0.25, -0.2) is 0 Å². The maximum absolute atomic E-state index is 13.5. The zero-order valence-electron chi connectivity index (χ0n) is 21.1. The van der Waals surface area contributed by atoms with Gasteiger partial charge in [-0.2, -0.15) is 0 Å². The molecule has 3 atom stereocenters. The van der Waals surface area contributed by atoms with Crippen LogP contribution in [0.25, 0.3) is 0 Å². The Morgan fingerprint density at radius 1 is 1.17 bits per heavy atom. The van der Waals surface area contributed by atoms with Crippen molar-refractivity contribution >= 4 is 17.5 Å². The van der Waals surface area contributed by atoms with E-state index in [2.05, 4.69) is 29.0 Å². The smallest absolute Gasteiger partial charge is 0.257 e. The molecule has 35 heavy (non-hydrogen) atoms. The van der Waals surface area contributed by atoms with Gasteiger partial charge in [0.25, 0.3) is 5.91 Å². The summed E-state index contributed by atoms with van der Waals surface area (Å²) in [6.45, 7) is 6.73. The van der Waals surface area contributed by atoms with E-state index in [9.17, 15) is 9.59 Å². The van der Waals surface area contributed by atoms with Crippen LogP contribution < -0.4 is 10.1 Å². The fourth-order valence-corrected chi connectivity index (χ4v) is 4.46. The van der Waals surface area contributed by atoms with E-state index in [1.54, 1.807) is 37.3 Å². The lowest BCUT2D eigenvalue weighted by molar-refractivity contribution is -0.117. The van der Waals surface area contributed by atoms with E-state index in [4.69, 9.17) is 9.47 Å². The first kappa shape index (κ1) is 25.1. The molecule has 0 unspecified atom stereocenters. The van der Waals surface area contributed by atoms with Gasteiger partial charge in [-0.05, 0) is 61.6 Å². The minimum absolute atomic E-state index is 0.00785. The van der Waals surface area contributed by atoms with Gasteiger partial charge >= 0.3 is 0 Å². The molecule has 1 saturated carbocycles. The van der Waals surface area contributed by atoms with Crippen LogP contribution in [0.4, 0.5) is 5.69 Å². The molecule has 0 bridgehead atoms. The van der Waals surface area contributed by atoms with Crippen molar-refractivity contribution in [3.05, 3.63) is 53.9 Å². The molecule has 1 N–H and O–H groups in total. The molecular formula is C27H36N4O4. The minimum atomic E-state index is -0.154. The predicted octanol–water partition coefficient (Wildman–Crippen LogP) is 3.44. The number of carbonyl (C=O) groups is 2. The number of carbonyl (C=O) groups excluding carboxylic acids is 2. The monoisotopic (exact) mass is 480 g/mol. The normalized spacial score (nSPS) is 24.1. The van der Waals surface area contributed by atoms with Gasteiger partial charge < -0.3 is 19.7 Å². The largest absolute Gasteiger partial charge is 0.491 e. The number of likely N-dealkylation sites (N-methyl/N-ethyl adjacent to an activating group) is 1. The number of benzene rings is 1. The second-order valence-corrected chi connectivity index (χ2v) is 9.86. The van der Waals surface area contributed by atoms with Crippen LogP contribution in [0.1, 0.15) is 42.6 Å². The number of rotatable bonds is 5. The average molecular weight is 481 g/mol. The van der Waals surface area contributed by atoms with Crippen LogP contribution in [0, 0.1) is 11.8 Å². The molecule has 1 fully saturated rings. The molecule has 2 amide bonds. The van der Waals surface area contributed by atoms with Crippen molar-refractivity contribution in [1.29, 1.82) is 0 Å². The number of nitrogens with one attached hydrogen (secondary N) is 1. The van der Waals surface area contributed by atoms with Gasteiger partial charge in [0.1, 0.15) is 12.4 Å². The maximum atomic E-state index is 13.5. The first-order valence-electron chi connectivity index (χ1n) is 12.3. The van der Waals surface area contributed by atoms with Crippen LogP contribution in [-0.4, -0.2) is 72.6 Å². The number of hydrogen-bond acceptors (Lipinski definition) is 6. The predicted molar refractivity (Wildman–Crippen MR) is 134 cm³/mol. The molecule has 2 aliphatic rings.